The largest absolute Gasteiger partial charge is 0.492 e. The number of carbonyl (C=O) groups excluding carboxylic acids is 2. The van der Waals surface area contributed by atoms with Gasteiger partial charge in [-0.3, -0.25) is 10.1 Å². The maximum Gasteiger partial charge on any atom is 0.412 e. The fourth-order valence-corrected chi connectivity index (χ4v) is 2.69. The zero-order valence-electron chi connectivity index (χ0n) is 16.4. The lowest BCUT2D eigenvalue weighted by molar-refractivity contribution is -0.124. The molecule has 1 atom stereocenters. The van der Waals surface area contributed by atoms with E-state index >= 15 is 0 Å². The quantitative estimate of drug-likeness (QED) is 0.710. The molecule has 1 aromatic rings. The first kappa shape index (κ1) is 21.0. The van der Waals surface area contributed by atoms with Crippen LogP contribution in [0.25, 0.3) is 0 Å². The van der Waals surface area contributed by atoms with Gasteiger partial charge < -0.3 is 19.5 Å². The molecule has 1 saturated heterocycles. The predicted molar refractivity (Wildman–Crippen MR) is 103 cm³/mol. The van der Waals surface area contributed by atoms with Crippen LogP contribution in [0, 0.1) is 0 Å². The van der Waals surface area contributed by atoms with E-state index in [4.69, 9.17) is 14.2 Å². The molecule has 1 aliphatic rings. The molecule has 0 radical (unpaired) electrons. The lowest BCUT2D eigenvalue weighted by atomic mass is 10.1. The van der Waals surface area contributed by atoms with Gasteiger partial charge in [0, 0.05) is 18.4 Å². The summed E-state index contributed by atoms with van der Waals surface area (Å²) in [5, 5.41) is 5.51. The Labute approximate surface area is 160 Å². The summed E-state index contributed by atoms with van der Waals surface area (Å²) in [6, 6.07) is 7.03. The van der Waals surface area contributed by atoms with E-state index in [0.29, 0.717) is 31.0 Å². The van der Waals surface area contributed by atoms with Crippen molar-refractivity contribution in [1.82, 2.24) is 5.32 Å². The van der Waals surface area contributed by atoms with E-state index in [9.17, 15) is 9.59 Å². The number of nitrogens with one attached hydrogen (secondary N) is 2. The molecule has 7 heteroatoms. The molecular weight excluding hydrogens is 348 g/mol. The van der Waals surface area contributed by atoms with Gasteiger partial charge in [0.25, 0.3) is 0 Å². The minimum atomic E-state index is -0.556. The van der Waals surface area contributed by atoms with Gasteiger partial charge in [-0.2, -0.15) is 0 Å². The highest BCUT2D eigenvalue weighted by Gasteiger charge is 2.17. The Kier molecular flexibility index (Phi) is 7.91. The van der Waals surface area contributed by atoms with Crippen LogP contribution < -0.4 is 15.4 Å². The highest BCUT2D eigenvalue weighted by Crippen LogP contribution is 2.18. The predicted octanol–water partition coefficient (Wildman–Crippen LogP) is 3.49. The molecular formula is C20H30N2O5. The molecule has 1 heterocycles. The Morgan fingerprint density at radius 1 is 1.26 bits per heavy atom. The van der Waals surface area contributed by atoms with Crippen LogP contribution in [0.15, 0.2) is 24.3 Å². The van der Waals surface area contributed by atoms with Gasteiger partial charge in [-0.1, -0.05) is 6.07 Å². The maximum atomic E-state index is 11.9. The molecule has 0 bridgehead atoms. The van der Waals surface area contributed by atoms with Gasteiger partial charge in [0.05, 0.1) is 19.1 Å². The van der Waals surface area contributed by atoms with Crippen LogP contribution >= 0.6 is 0 Å². The molecule has 27 heavy (non-hydrogen) atoms. The summed E-state index contributed by atoms with van der Waals surface area (Å²) in [5.41, 5.74) is 0.0271. The number of anilines is 1. The van der Waals surface area contributed by atoms with E-state index in [0.717, 1.165) is 25.9 Å². The summed E-state index contributed by atoms with van der Waals surface area (Å²) in [6.45, 7) is 6.92. The van der Waals surface area contributed by atoms with E-state index in [1.807, 2.05) is 0 Å². The monoisotopic (exact) mass is 378 g/mol. The Morgan fingerprint density at radius 3 is 2.78 bits per heavy atom. The standard InChI is InChI=1S/C20H30N2O5/c1-20(2,3)27-19(24)22-15-7-6-9-16(13-15)26-12-10-21-18(23)14-17-8-4-5-11-25-17/h6-7,9,13,17H,4-5,8,10-12,14H2,1-3H3,(H,21,23)(H,22,24). The SMILES string of the molecule is CC(C)(C)OC(=O)Nc1cccc(OCCNC(=O)CC2CCCCO2)c1. The Morgan fingerprint density at radius 2 is 2.07 bits per heavy atom. The lowest BCUT2D eigenvalue weighted by Crippen LogP contribution is -2.32. The van der Waals surface area contributed by atoms with Crippen molar-refractivity contribution >= 4 is 17.7 Å². The first-order valence-electron chi connectivity index (χ1n) is 9.43. The van der Waals surface area contributed by atoms with Crippen molar-refractivity contribution in [2.45, 2.75) is 58.2 Å². The smallest absolute Gasteiger partial charge is 0.412 e. The van der Waals surface area contributed by atoms with Gasteiger partial charge in [-0.25, -0.2) is 4.79 Å². The van der Waals surface area contributed by atoms with Crippen LogP contribution in [-0.2, 0) is 14.3 Å². The third kappa shape index (κ3) is 8.77. The van der Waals surface area contributed by atoms with Crippen molar-refractivity contribution in [1.29, 1.82) is 0 Å². The second kappa shape index (κ2) is 10.2. The van der Waals surface area contributed by atoms with E-state index < -0.39 is 11.7 Å². The average Bonchev–Trinajstić information content (AvgIpc) is 2.58. The highest BCUT2D eigenvalue weighted by atomic mass is 16.6. The fraction of sp³-hybridized carbons (Fsp3) is 0.600. The van der Waals surface area contributed by atoms with Crippen LogP contribution in [0.5, 0.6) is 5.75 Å². The summed E-state index contributed by atoms with van der Waals surface area (Å²) in [5.74, 6) is 0.583. The Balaban J connectivity index is 1.68. The number of ether oxygens (including phenoxy) is 3. The molecule has 2 N–H and O–H groups in total. The van der Waals surface area contributed by atoms with Gasteiger partial charge in [0.1, 0.15) is 18.0 Å². The molecule has 0 spiro atoms. The van der Waals surface area contributed by atoms with Gasteiger partial charge in [-0.05, 0) is 52.2 Å². The molecule has 1 aromatic carbocycles. The molecule has 2 amide bonds. The van der Waals surface area contributed by atoms with Crippen LogP contribution in [0.4, 0.5) is 10.5 Å². The van der Waals surface area contributed by atoms with Crippen molar-refractivity contribution in [2.75, 3.05) is 25.1 Å². The van der Waals surface area contributed by atoms with Gasteiger partial charge in [0.15, 0.2) is 0 Å². The first-order valence-corrected chi connectivity index (χ1v) is 9.43. The molecule has 1 aliphatic heterocycles. The number of hydrogen-bond donors (Lipinski definition) is 2. The second-order valence-electron chi connectivity index (χ2n) is 7.55. The van der Waals surface area contributed by atoms with Crippen molar-refractivity contribution in [3.8, 4) is 5.75 Å². The lowest BCUT2D eigenvalue weighted by Gasteiger charge is -2.21. The molecule has 1 unspecified atom stereocenters. The van der Waals surface area contributed by atoms with Crippen LogP contribution in [0.2, 0.25) is 0 Å². The van der Waals surface area contributed by atoms with Gasteiger partial charge in [-0.15, -0.1) is 0 Å². The summed E-state index contributed by atoms with van der Waals surface area (Å²) >= 11 is 0. The number of rotatable bonds is 7. The fourth-order valence-electron chi connectivity index (χ4n) is 2.69. The minimum absolute atomic E-state index is 0.0224. The van der Waals surface area contributed by atoms with Crippen LogP contribution in [0.1, 0.15) is 46.5 Å². The molecule has 0 aliphatic carbocycles. The van der Waals surface area contributed by atoms with Gasteiger partial charge >= 0.3 is 6.09 Å². The number of hydrogen-bond acceptors (Lipinski definition) is 5. The van der Waals surface area contributed by atoms with Crippen molar-refractivity contribution in [3.63, 3.8) is 0 Å². The zero-order valence-corrected chi connectivity index (χ0v) is 16.4. The summed E-state index contributed by atoms with van der Waals surface area (Å²) in [6.07, 6.45) is 3.06. The van der Waals surface area contributed by atoms with E-state index in [1.54, 1.807) is 45.0 Å². The number of carbonyl (C=O) groups is 2. The molecule has 2 rings (SSSR count). The first-order chi connectivity index (χ1) is 12.8. The highest BCUT2D eigenvalue weighted by molar-refractivity contribution is 5.85. The molecule has 1 fully saturated rings. The van der Waals surface area contributed by atoms with Crippen molar-refractivity contribution in [2.24, 2.45) is 0 Å². The number of benzene rings is 1. The normalized spacial score (nSPS) is 17.1. The van der Waals surface area contributed by atoms with Crippen molar-refractivity contribution in [3.05, 3.63) is 24.3 Å². The molecule has 0 aromatic heterocycles. The molecule has 7 nitrogen and oxygen atoms in total. The third-order valence-electron chi connectivity index (χ3n) is 3.86. The summed E-state index contributed by atoms with van der Waals surface area (Å²) in [4.78, 5) is 23.7. The number of amides is 2. The van der Waals surface area contributed by atoms with E-state index in [-0.39, 0.29) is 12.0 Å². The van der Waals surface area contributed by atoms with E-state index in [1.165, 1.54) is 0 Å². The zero-order chi connectivity index (χ0) is 19.7. The average molecular weight is 378 g/mol. The minimum Gasteiger partial charge on any atom is -0.492 e. The summed E-state index contributed by atoms with van der Waals surface area (Å²) in [7, 11) is 0. The van der Waals surface area contributed by atoms with Gasteiger partial charge in [0.2, 0.25) is 5.91 Å². The molecule has 0 saturated carbocycles. The maximum absolute atomic E-state index is 11.9. The van der Waals surface area contributed by atoms with Crippen LogP contribution in [0.3, 0.4) is 0 Å². The van der Waals surface area contributed by atoms with Crippen molar-refractivity contribution < 1.29 is 23.8 Å². The Bertz CT molecular complexity index is 621. The molecule has 150 valence electrons. The van der Waals surface area contributed by atoms with Crippen LogP contribution in [-0.4, -0.2) is 43.5 Å². The second-order valence-corrected chi connectivity index (χ2v) is 7.55. The summed E-state index contributed by atoms with van der Waals surface area (Å²) < 4.78 is 16.4. The van der Waals surface area contributed by atoms with E-state index in [2.05, 4.69) is 10.6 Å². The third-order valence-corrected chi connectivity index (χ3v) is 3.86. The topological polar surface area (TPSA) is 85.9 Å². The Hall–Kier alpha value is -2.28.